The zero-order valence-corrected chi connectivity index (χ0v) is 17.9. The number of nitrogens with zero attached hydrogens (tertiary/aromatic N) is 4. The Morgan fingerprint density at radius 1 is 1.25 bits per heavy atom. The Labute approximate surface area is 183 Å². The molecular weight excluding hydrogens is 410 g/mol. The van der Waals surface area contributed by atoms with Gasteiger partial charge in [-0.05, 0) is 44.0 Å². The first-order valence-corrected chi connectivity index (χ1v) is 10.9. The lowest BCUT2D eigenvalue weighted by Gasteiger charge is -2.20. The maximum absolute atomic E-state index is 11.9. The highest BCUT2D eigenvalue weighted by Crippen LogP contribution is 2.40. The van der Waals surface area contributed by atoms with E-state index in [1.165, 1.54) is 4.57 Å². The standard InChI is InChI=1S/C23H23N5O4/c1-12(14-8-20(29)24-10-14)31-22-21-17(25-11-28(21)15-4-5-15)9-16(26-22)13-3-6-19-18(7-13)27(2)23(30)32-19/h3,6-7,9,11-12,14-15H,4-5,8,10H2,1-2H3,(H,24,29)/t12-,14-/m1/s1. The third-order valence-corrected chi connectivity index (χ3v) is 6.52. The van der Waals surface area contributed by atoms with Crippen LogP contribution in [0.2, 0.25) is 0 Å². The highest BCUT2D eigenvalue weighted by Gasteiger charge is 2.31. The maximum atomic E-state index is 11.9. The molecule has 32 heavy (non-hydrogen) atoms. The van der Waals surface area contributed by atoms with Gasteiger partial charge in [-0.2, -0.15) is 0 Å². The van der Waals surface area contributed by atoms with Gasteiger partial charge in [0.25, 0.3) is 0 Å². The number of nitrogens with one attached hydrogen (secondary N) is 1. The largest absolute Gasteiger partial charge is 0.473 e. The summed E-state index contributed by atoms with van der Waals surface area (Å²) in [5, 5.41) is 2.88. The monoisotopic (exact) mass is 433 g/mol. The van der Waals surface area contributed by atoms with E-state index in [1.54, 1.807) is 13.1 Å². The molecule has 1 aromatic carbocycles. The van der Waals surface area contributed by atoms with Crippen LogP contribution in [0.5, 0.6) is 5.88 Å². The fourth-order valence-electron chi connectivity index (χ4n) is 4.40. The fourth-order valence-corrected chi connectivity index (χ4v) is 4.40. The molecule has 1 N–H and O–H groups in total. The Hall–Kier alpha value is -3.62. The number of imidazole rings is 1. The lowest BCUT2D eigenvalue weighted by atomic mass is 10.0. The molecule has 1 saturated carbocycles. The number of amides is 1. The van der Waals surface area contributed by atoms with E-state index in [0.717, 1.165) is 29.4 Å². The smallest absolute Gasteiger partial charge is 0.419 e. The summed E-state index contributed by atoms with van der Waals surface area (Å²) in [6.07, 6.45) is 4.37. The van der Waals surface area contributed by atoms with Gasteiger partial charge < -0.3 is 19.0 Å². The first-order valence-electron chi connectivity index (χ1n) is 10.9. The molecule has 9 nitrogen and oxygen atoms in total. The third kappa shape index (κ3) is 3.07. The molecule has 2 atom stereocenters. The predicted octanol–water partition coefficient (Wildman–Crippen LogP) is 2.78. The van der Waals surface area contributed by atoms with Crippen molar-refractivity contribution in [2.45, 2.75) is 38.3 Å². The highest BCUT2D eigenvalue weighted by molar-refractivity contribution is 5.87. The van der Waals surface area contributed by atoms with E-state index in [2.05, 4.69) is 14.9 Å². The molecule has 1 saturated heterocycles. The Bertz CT molecular complexity index is 1430. The minimum absolute atomic E-state index is 0.0550. The highest BCUT2D eigenvalue weighted by atomic mass is 16.5. The number of ether oxygens (including phenoxy) is 1. The number of fused-ring (bicyclic) bond motifs is 2. The number of pyridine rings is 1. The quantitative estimate of drug-likeness (QED) is 0.519. The Kier molecular flexibility index (Phi) is 4.14. The summed E-state index contributed by atoms with van der Waals surface area (Å²) in [6.45, 7) is 2.59. The molecule has 0 bridgehead atoms. The Morgan fingerprint density at radius 2 is 2.09 bits per heavy atom. The second-order valence-electron chi connectivity index (χ2n) is 8.76. The van der Waals surface area contributed by atoms with E-state index in [0.29, 0.717) is 41.7 Å². The lowest BCUT2D eigenvalue weighted by molar-refractivity contribution is -0.119. The molecule has 0 radical (unpaired) electrons. The summed E-state index contributed by atoms with van der Waals surface area (Å²) in [4.78, 5) is 33.1. The third-order valence-electron chi connectivity index (χ3n) is 6.52. The van der Waals surface area contributed by atoms with Crippen LogP contribution >= 0.6 is 0 Å². The van der Waals surface area contributed by atoms with Crippen LogP contribution in [0.3, 0.4) is 0 Å². The van der Waals surface area contributed by atoms with Gasteiger partial charge in [0.05, 0.1) is 23.1 Å². The SMILES string of the molecule is C[C@@H](Oc1nc(-c2ccc3oc(=O)n(C)c3c2)cc2ncn(C3CC3)c12)[C@H]1CNC(=O)C1. The van der Waals surface area contributed by atoms with Crippen LogP contribution < -0.4 is 15.8 Å². The number of oxazole rings is 1. The average molecular weight is 433 g/mol. The van der Waals surface area contributed by atoms with E-state index in [9.17, 15) is 9.59 Å². The summed E-state index contributed by atoms with van der Waals surface area (Å²) in [5.41, 5.74) is 4.47. The van der Waals surface area contributed by atoms with Gasteiger partial charge in [-0.3, -0.25) is 9.36 Å². The van der Waals surface area contributed by atoms with Crippen molar-refractivity contribution < 1.29 is 13.9 Å². The zero-order valence-electron chi connectivity index (χ0n) is 17.9. The van der Waals surface area contributed by atoms with Crippen LogP contribution in [0.1, 0.15) is 32.2 Å². The van der Waals surface area contributed by atoms with Crippen LogP contribution in [-0.4, -0.2) is 37.7 Å². The molecule has 1 aliphatic carbocycles. The summed E-state index contributed by atoms with van der Waals surface area (Å²) < 4.78 is 15.3. The van der Waals surface area contributed by atoms with E-state index >= 15 is 0 Å². The number of carbonyl (C=O) groups excluding carboxylic acids is 1. The topological polar surface area (TPSA) is 104 Å². The van der Waals surface area contributed by atoms with Crippen molar-refractivity contribution in [3.05, 3.63) is 41.1 Å². The molecule has 0 unspecified atom stereocenters. The molecule has 2 fully saturated rings. The maximum Gasteiger partial charge on any atom is 0.419 e. The van der Waals surface area contributed by atoms with Gasteiger partial charge in [0.1, 0.15) is 11.6 Å². The molecule has 164 valence electrons. The number of hydrogen-bond acceptors (Lipinski definition) is 6. The van der Waals surface area contributed by atoms with Gasteiger partial charge in [-0.25, -0.2) is 14.8 Å². The minimum atomic E-state index is -0.402. The molecule has 4 heterocycles. The van der Waals surface area contributed by atoms with Crippen molar-refractivity contribution >= 4 is 28.0 Å². The van der Waals surface area contributed by atoms with E-state index in [-0.39, 0.29) is 17.9 Å². The second kappa shape index (κ2) is 6.94. The first-order chi connectivity index (χ1) is 15.5. The molecule has 6 rings (SSSR count). The normalized spacial score (nSPS) is 19.6. The fraction of sp³-hybridized carbons (Fsp3) is 0.391. The van der Waals surface area contributed by atoms with Gasteiger partial charge in [-0.1, -0.05) is 0 Å². The lowest BCUT2D eigenvalue weighted by Crippen LogP contribution is -2.26. The van der Waals surface area contributed by atoms with E-state index < -0.39 is 5.76 Å². The number of aromatic nitrogens is 4. The van der Waals surface area contributed by atoms with Gasteiger partial charge >= 0.3 is 5.76 Å². The Morgan fingerprint density at radius 3 is 2.84 bits per heavy atom. The Balaban J connectivity index is 1.46. The van der Waals surface area contributed by atoms with Crippen molar-refractivity contribution in [1.82, 2.24) is 24.4 Å². The first kappa shape index (κ1) is 19.1. The van der Waals surface area contributed by atoms with Crippen molar-refractivity contribution in [1.29, 1.82) is 0 Å². The van der Waals surface area contributed by atoms with Crippen molar-refractivity contribution in [3.8, 4) is 17.1 Å². The van der Waals surface area contributed by atoms with Crippen LogP contribution in [0.25, 0.3) is 33.4 Å². The minimum Gasteiger partial charge on any atom is -0.473 e. The van der Waals surface area contributed by atoms with Crippen LogP contribution in [-0.2, 0) is 11.8 Å². The average Bonchev–Trinajstić information content (AvgIpc) is 3.26. The second-order valence-corrected chi connectivity index (χ2v) is 8.76. The summed E-state index contributed by atoms with van der Waals surface area (Å²) in [7, 11) is 1.68. The van der Waals surface area contributed by atoms with Gasteiger partial charge in [0, 0.05) is 37.5 Å². The number of carbonyl (C=O) groups is 1. The molecule has 2 aliphatic rings. The van der Waals surface area contributed by atoms with Crippen molar-refractivity contribution in [2.75, 3.05) is 6.54 Å². The predicted molar refractivity (Wildman–Crippen MR) is 117 cm³/mol. The van der Waals surface area contributed by atoms with Gasteiger partial charge in [0.2, 0.25) is 11.8 Å². The molecule has 0 spiro atoms. The van der Waals surface area contributed by atoms with Crippen molar-refractivity contribution in [2.24, 2.45) is 13.0 Å². The number of aryl methyl sites for hydroxylation is 1. The molecule has 9 heteroatoms. The summed E-state index contributed by atoms with van der Waals surface area (Å²) in [5.74, 6) is 0.271. The number of hydrogen-bond donors (Lipinski definition) is 1. The number of benzene rings is 1. The summed E-state index contributed by atoms with van der Waals surface area (Å²) in [6, 6.07) is 7.92. The molecule has 1 amide bonds. The van der Waals surface area contributed by atoms with Crippen LogP contribution in [0.4, 0.5) is 0 Å². The van der Waals surface area contributed by atoms with Crippen molar-refractivity contribution in [3.63, 3.8) is 0 Å². The van der Waals surface area contributed by atoms with E-state index in [4.69, 9.17) is 14.1 Å². The summed E-state index contributed by atoms with van der Waals surface area (Å²) >= 11 is 0. The zero-order chi connectivity index (χ0) is 22.0. The van der Waals surface area contributed by atoms with Gasteiger partial charge in [0.15, 0.2) is 5.58 Å². The molecule has 1 aliphatic heterocycles. The molecular formula is C23H23N5O4. The van der Waals surface area contributed by atoms with Crippen LogP contribution in [0.15, 0.2) is 39.8 Å². The number of rotatable bonds is 5. The molecule has 3 aromatic heterocycles. The molecule has 4 aromatic rings. The van der Waals surface area contributed by atoms with E-state index in [1.807, 2.05) is 31.5 Å². The van der Waals surface area contributed by atoms with Crippen LogP contribution in [0, 0.1) is 5.92 Å². The van der Waals surface area contributed by atoms with Gasteiger partial charge in [-0.15, -0.1) is 0 Å².